The van der Waals surface area contributed by atoms with Crippen LogP contribution in [0.1, 0.15) is 25.7 Å². The van der Waals surface area contributed by atoms with Gasteiger partial charge in [-0.2, -0.15) is 0 Å². The van der Waals surface area contributed by atoms with Gasteiger partial charge in [0, 0.05) is 0 Å². The lowest BCUT2D eigenvalue weighted by Crippen LogP contribution is -2.16. The minimum Gasteiger partial charge on any atom is -0.297 e. The molecule has 2 heteroatoms. The Bertz CT molecular complexity index is 191. The van der Waals surface area contributed by atoms with E-state index in [0.717, 1.165) is 16.9 Å². The number of thioether (sulfide) groups is 1. The van der Waals surface area contributed by atoms with Gasteiger partial charge in [0.15, 0.2) is 0 Å². The minimum absolute atomic E-state index is 0.431. The van der Waals surface area contributed by atoms with Gasteiger partial charge in [-0.3, -0.25) is 5.41 Å². The quantitative estimate of drug-likeness (QED) is 0.604. The molecule has 1 N–H and O–H groups in total. The summed E-state index contributed by atoms with van der Waals surface area (Å²) < 4.78 is 0.431. The zero-order chi connectivity index (χ0) is 6.77. The lowest BCUT2D eigenvalue weighted by molar-refractivity contribution is 0.617. The van der Waals surface area contributed by atoms with Crippen molar-refractivity contribution >= 4 is 16.8 Å². The maximum absolute atomic E-state index is 7.62. The second kappa shape index (κ2) is 1.45. The smallest absolute Gasteiger partial charge is 0.0822 e. The molecule has 0 atom stereocenters. The Balaban J connectivity index is 1.89. The topological polar surface area (TPSA) is 23.9 Å². The fraction of sp³-hybridized carbons (Fsp3) is 0.875. The van der Waals surface area contributed by atoms with Gasteiger partial charge >= 0.3 is 0 Å². The van der Waals surface area contributed by atoms with Crippen LogP contribution in [0.15, 0.2) is 0 Å². The molecule has 0 unspecified atom stereocenters. The molecule has 0 spiro atoms. The third-order valence-electron chi connectivity index (χ3n) is 2.95. The summed E-state index contributed by atoms with van der Waals surface area (Å²) in [5.41, 5.74) is 0. The van der Waals surface area contributed by atoms with Gasteiger partial charge in [0.1, 0.15) is 0 Å². The highest BCUT2D eigenvalue weighted by atomic mass is 32.2. The zero-order valence-corrected chi connectivity index (χ0v) is 6.71. The minimum atomic E-state index is 0.431. The van der Waals surface area contributed by atoms with E-state index in [1.54, 1.807) is 0 Å². The Morgan fingerprint density at radius 3 is 1.80 bits per heavy atom. The summed E-state index contributed by atoms with van der Waals surface area (Å²) in [7, 11) is 0. The number of nitrogens with one attached hydrogen (secondary N) is 1. The molecule has 2 aliphatic carbocycles. The highest BCUT2D eigenvalue weighted by Gasteiger charge is 2.67. The van der Waals surface area contributed by atoms with Gasteiger partial charge in [-0.1, -0.05) is 11.8 Å². The predicted molar refractivity (Wildman–Crippen MR) is 43.5 cm³/mol. The Kier molecular flexibility index (Phi) is 0.817. The maximum Gasteiger partial charge on any atom is 0.0822 e. The van der Waals surface area contributed by atoms with Crippen molar-refractivity contribution in [2.24, 2.45) is 11.8 Å². The highest BCUT2D eigenvalue weighted by molar-refractivity contribution is 8.26. The molecule has 0 aromatic rings. The molecule has 54 valence electrons. The van der Waals surface area contributed by atoms with Crippen LogP contribution in [0.5, 0.6) is 0 Å². The van der Waals surface area contributed by atoms with Crippen LogP contribution in [0.2, 0.25) is 0 Å². The highest BCUT2D eigenvalue weighted by Crippen LogP contribution is 2.69. The standard InChI is InChI=1S/C8H11NS/c9-7-8(10-7,5-1-2-5)6-3-4-6/h5-6,9H,1-4H2. The van der Waals surface area contributed by atoms with Crippen molar-refractivity contribution in [1.29, 1.82) is 5.41 Å². The Hall–Kier alpha value is 0.0200. The molecule has 0 amide bonds. The van der Waals surface area contributed by atoms with Gasteiger partial charge < -0.3 is 0 Å². The van der Waals surface area contributed by atoms with E-state index in [1.807, 2.05) is 11.8 Å². The van der Waals surface area contributed by atoms with Crippen molar-refractivity contribution in [3.05, 3.63) is 0 Å². The van der Waals surface area contributed by atoms with Crippen molar-refractivity contribution < 1.29 is 0 Å². The second-order valence-corrected chi connectivity index (χ2v) is 5.06. The molecule has 3 fully saturated rings. The number of hydrogen-bond acceptors (Lipinski definition) is 2. The SMILES string of the molecule is N=C1SC1(C1CC1)C1CC1. The monoisotopic (exact) mass is 153 g/mol. The Morgan fingerprint density at radius 2 is 1.60 bits per heavy atom. The van der Waals surface area contributed by atoms with E-state index < -0.39 is 0 Å². The van der Waals surface area contributed by atoms with Gasteiger partial charge in [0.05, 0.1) is 9.79 Å². The molecule has 1 nitrogen and oxygen atoms in total. The summed E-state index contributed by atoms with van der Waals surface area (Å²) in [6, 6.07) is 0. The fourth-order valence-electron chi connectivity index (χ4n) is 2.04. The predicted octanol–water partition coefficient (Wildman–Crippen LogP) is 2.27. The molecule has 0 radical (unpaired) electrons. The van der Waals surface area contributed by atoms with Crippen molar-refractivity contribution in [2.45, 2.75) is 30.4 Å². The summed E-state index contributed by atoms with van der Waals surface area (Å²) in [6.07, 6.45) is 5.63. The van der Waals surface area contributed by atoms with Crippen LogP contribution >= 0.6 is 11.8 Å². The largest absolute Gasteiger partial charge is 0.297 e. The normalized spacial score (nSPS) is 36.2. The van der Waals surface area contributed by atoms with Gasteiger partial charge in [-0.15, -0.1) is 0 Å². The summed E-state index contributed by atoms with van der Waals surface area (Å²) in [4.78, 5) is 0. The van der Waals surface area contributed by atoms with Gasteiger partial charge in [-0.25, -0.2) is 0 Å². The van der Waals surface area contributed by atoms with E-state index in [4.69, 9.17) is 5.41 Å². The van der Waals surface area contributed by atoms with Crippen molar-refractivity contribution in [2.75, 3.05) is 0 Å². The van der Waals surface area contributed by atoms with Crippen LogP contribution in [0.25, 0.3) is 0 Å². The zero-order valence-electron chi connectivity index (χ0n) is 5.89. The van der Waals surface area contributed by atoms with E-state index in [9.17, 15) is 0 Å². The van der Waals surface area contributed by atoms with E-state index in [2.05, 4.69) is 0 Å². The average molecular weight is 153 g/mol. The second-order valence-electron chi connectivity index (χ2n) is 3.77. The van der Waals surface area contributed by atoms with Crippen molar-refractivity contribution in [1.82, 2.24) is 0 Å². The number of hydrogen-bond donors (Lipinski definition) is 1. The molecule has 1 heterocycles. The number of rotatable bonds is 2. The molecule has 0 aromatic carbocycles. The lowest BCUT2D eigenvalue weighted by atomic mass is 10.00. The molecule has 1 aliphatic heterocycles. The third kappa shape index (κ3) is 0.541. The molecule has 3 aliphatic rings. The summed E-state index contributed by atoms with van der Waals surface area (Å²) in [5.74, 6) is 1.86. The molecule has 0 bridgehead atoms. The molecule has 0 aromatic heterocycles. The first kappa shape index (κ1) is 5.64. The first-order chi connectivity index (χ1) is 4.84. The maximum atomic E-state index is 7.62. The molecule has 1 saturated heterocycles. The van der Waals surface area contributed by atoms with E-state index in [1.165, 1.54) is 25.7 Å². The van der Waals surface area contributed by atoms with Gasteiger partial charge in [0.2, 0.25) is 0 Å². The molecular weight excluding hydrogens is 142 g/mol. The summed E-state index contributed by atoms with van der Waals surface area (Å²) in [5, 5.41) is 8.63. The van der Waals surface area contributed by atoms with E-state index in [0.29, 0.717) is 4.75 Å². The van der Waals surface area contributed by atoms with Crippen LogP contribution in [0, 0.1) is 17.2 Å². The van der Waals surface area contributed by atoms with Gasteiger partial charge in [-0.05, 0) is 37.5 Å². The van der Waals surface area contributed by atoms with Crippen LogP contribution in [-0.4, -0.2) is 9.79 Å². The van der Waals surface area contributed by atoms with Crippen LogP contribution in [-0.2, 0) is 0 Å². The molecule has 10 heavy (non-hydrogen) atoms. The van der Waals surface area contributed by atoms with Crippen LogP contribution in [0.4, 0.5) is 0 Å². The van der Waals surface area contributed by atoms with Gasteiger partial charge in [0.25, 0.3) is 0 Å². The molecule has 2 saturated carbocycles. The third-order valence-corrected chi connectivity index (χ3v) is 4.50. The summed E-state index contributed by atoms with van der Waals surface area (Å²) in [6.45, 7) is 0. The average Bonchev–Trinajstić information content (AvgIpc) is 2.71. The lowest BCUT2D eigenvalue weighted by Gasteiger charge is -2.06. The van der Waals surface area contributed by atoms with E-state index in [-0.39, 0.29) is 0 Å². The van der Waals surface area contributed by atoms with Crippen LogP contribution < -0.4 is 0 Å². The Morgan fingerprint density at radius 1 is 1.20 bits per heavy atom. The molecule has 3 rings (SSSR count). The summed E-state index contributed by atoms with van der Waals surface area (Å²) >= 11 is 1.86. The molecular formula is C8H11NS. The first-order valence-corrected chi connectivity index (χ1v) is 4.94. The Labute approximate surface area is 65.1 Å². The fourth-order valence-corrected chi connectivity index (χ4v) is 3.46. The van der Waals surface area contributed by atoms with E-state index >= 15 is 0 Å². The first-order valence-electron chi connectivity index (χ1n) is 4.12. The van der Waals surface area contributed by atoms with Crippen LogP contribution in [0.3, 0.4) is 0 Å². The van der Waals surface area contributed by atoms with Crippen molar-refractivity contribution in [3.8, 4) is 0 Å². The van der Waals surface area contributed by atoms with Crippen molar-refractivity contribution in [3.63, 3.8) is 0 Å².